The van der Waals surface area contributed by atoms with Crippen LogP contribution in [0, 0.1) is 0 Å². The normalized spacial score (nSPS) is 10.1. The van der Waals surface area contributed by atoms with E-state index >= 15 is 0 Å². The first-order chi connectivity index (χ1) is 8.61. The molecule has 7 heteroatoms. The molecule has 0 atom stereocenters. The minimum absolute atomic E-state index is 0.216. The molecule has 2 rings (SSSR count). The molecule has 0 saturated carbocycles. The fourth-order valence-electron chi connectivity index (χ4n) is 1.41. The maximum absolute atomic E-state index is 11.9. The predicted octanol–water partition coefficient (Wildman–Crippen LogP) is 1.91. The van der Waals surface area contributed by atoms with Crippen molar-refractivity contribution < 1.29 is 9.53 Å². The van der Waals surface area contributed by atoms with Gasteiger partial charge in [-0.05, 0) is 12.1 Å². The lowest BCUT2D eigenvalue weighted by molar-refractivity contribution is 0.102. The molecule has 1 heterocycles. The molecule has 94 valence electrons. The average Bonchev–Trinajstić information content (AvgIpc) is 2.78. The van der Waals surface area contributed by atoms with Crippen molar-refractivity contribution in [2.24, 2.45) is 0 Å². The van der Waals surface area contributed by atoms with Gasteiger partial charge in [-0.2, -0.15) is 5.10 Å². The van der Waals surface area contributed by atoms with Gasteiger partial charge in [-0.15, -0.1) is 0 Å². The Morgan fingerprint density at radius 3 is 2.94 bits per heavy atom. The third-order valence-corrected chi connectivity index (χ3v) is 2.63. The van der Waals surface area contributed by atoms with Gasteiger partial charge in [0.1, 0.15) is 17.1 Å². The highest BCUT2D eigenvalue weighted by molar-refractivity contribution is 6.32. The lowest BCUT2D eigenvalue weighted by atomic mass is 10.2. The number of carbonyl (C=O) groups is 1. The summed E-state index contributed by atoms with van der Waals surface area (Å²) in [5.74, 6) is 0.341. The first kappa shape index (κ1) is 12.3. The zero-order valence-electron chi connectivity index (χ0n) is 9.53. The Hall–Kier alpha value is -2.21. The summed E-state index contributed by atoms with van der Waals surface area (Å²) in [6, 6.07) is 4.92. The summed E-state index contributed by atoms with van der Waals surface area (Å²) in [5.41, 5.74) is 6.39. The molecule has 0 aliphatic heterocycles. The van der Waals surface area contributed by atoms with Crippen molar-refractivity contribution in [1.82, 2.24) is 10.2 Å². The molecule has 0 radical (unpaired) electrons. The van der Waals surface area contributed by atoms with Crippen LogP contribution in [0.15, 0.2) is 24.4 Å². The maximum atomic E-state index is 11.9. The highest BCUT2D eigenvalue weighted by Crippen LogP contribution is 2.27. The smallest absolute Gasteiger partial charge is 0.261 e. The number of amides is 1. The summed E-state index contributed by atoms with van der Waals surface area (Å²) in [4.78, 5) is 11.9. The molecule has 0 aliphatic rings. The first-order valence-electron chi connectivity index (χ1n) is 5.05. The molecule has 0 bridgehead atoms. The molecule has 0 unspecified atom stereocenters. The number of anilines is 2. The number of methoxy groups -OCH3 is 1. The standard InChI is InChI=1S/C11H11ClN4O2/c1-18-9-4-6(2-3-8(9)12)15-11(17)7-5-14-16-10(7)13/h2-5H,1H3,(H,15,17)(H3,13,14,16). The Bertz CT molecular complexity index is 582. The van der Waals surface area contributed by atoms with E-state index in [-0.39, 0.29) is 17.3 Å². The summed E-state index contributed by atoms with van der Waals surface area (Å²) < 4.78 is 5.06. The second-order valence-corrected chi connectivity index (χ2v) is 3.91. The van der Waals surface area contributed by atoms with Crippen molar-refractivity contribution in [2.45, 2.75) is 0 Å². The van der Waals surface area contributed by atoms with Crippen LogP contribution in [0.1, 0.15) is 10.4 Å². The van der Waals surface area contributed by atoms with E-state index in [1.807, 2.05) is 0 Å². The molecule has 18 heavy (non-hydrogen) atoms. The maximum Gasteiger partial charge on any atom is 0.261 e. The van der Waals surface area contributed by atoms with Gasteiger partial charge in [0.2, 0.25) is 0 Å². The number of aromatic amines is 1. The fourth-order valence-corrected chi connectivity index (χ4v) is 1.61. The number of carbonyl (C=O) groups excluding carboxylic acids is 1. The van der Waals surface area contributed by atoms with E-state index < -0.39 is 0 Å². The molecule has 4 N–H and O–H groups in total. The largest absolute Gasteiger partial charge is 0.495 e. The molecule has 0 fully saturated rings. The number of nitrogens with one attached hydrogen (secondary N) is 2. The topological polar surface area (TPSA) is 93.0 Å². The summed E-state index contributed by atoms with van der Waals surface area (Å²) in [5, 5.41) is 9.30. The number of nitrogen functional groups attached to an aromatic ring is 1. The summed E-state index contributed by atoms with van der Waals surface area (Å²) in [6.45, 7) is 0. The monoisotopic (exact) mass is 266 g/mol. The Balaban J connectivity index is 2.20. The van der Waals surface area contributed by atoms with Crippen LogP contribution in [0.4, 0.5) is 11.5 Å². The van der Waals surface area contributed by atoms with Gasteiger partial charge < -0.3 is 15.8 Å². The molecule has 1 aromatic heterocycles. The zero-order valence-corrected chi connectivity index (χ0v) is 10.3. The Labute approximate surface area is 108 Å². The third kappa shape index (κ3) is 2.38. The minimum atomic E-state index is -0.356. The van der Waals surface area contributed by atoms with Crippen LogP contribution >= 0.6 is 11.6 Å². The number of halogens is 1. The highest BCUT2D eigenvalue weighted by Gasteiger charge is 2.12. The van der Waals surface area contributed by atoms with E-state index in [0.717, 1.165) is 0 Å². The predicted molar refractivity (Wildman–Crippen MR) is 69.0 cm³/mol. The molecule has 0 aliphatic carbocycles. The molecule has 6 nitrogen and oxygen atoms in total. The summed E-state index contributed by atoms with van der Waals surface area (Å²) in [7, 11) is 1.50. The molecular weight excluding hydrogens is 256 g/mol. The summed E-state index contributed by atoms with van der Waals surface area (Å²) in [6.07, 6.45) is 1.36. The summed E-state index contributed by atoms with van der Waals surface area (Å²) >= 11 is 5.88. The van der Waals surface area contributed by atoms with E-state index in [0.29, 0.717) is 16.5 Å². The van der Waals surface area contributed by atoms with Crippen molar-refractivity contribution in [3.8, 4) is 5.75 Å². The van der Waals surface area contributed by atoms with E-state index in [2.05, 4.69) is 15.5 Å². The number of rotatable bonds is 3. The van der Waals surface area contributed by atoms with Gasteiger partial charge in [0.25, 0.3) is 5.91 Å². The van der Waals surface area contributed by atoms with E-state index in [1.54, 1.807) is 18.2 Å². The first-order valence-corrected chi connectivity index (χ1v) is 5.43. The lowest BCUT2D eigenvalue weighted by Gasteiger charge is -2.07. The molecule has 2 aromatic rings. The number of aromatic nitrogens is 2. The number of benzene rings is 1. The van der Waals surface area contributed by atoms with Crippen LogP contribution in [0.25, 0.3) is 0 Å². The average molecular weight is 267 g/mol. The van der Waals surface area contributed by atoms with Gasteiger partial charge in [0.05, 0.1) is 18.3 Å². The molecule has 1 amide bonds. The van der Waals surface area contributed by atoms with Gasteiger partial charge in [0.15, 0.2) is 0 Å². The van der Waals surface area contributed by atoms with Crippen molar-refractivity contribution in [3.05, 3.63) is 35.0 Å². The van der Waals surface area contributed by atoms with E-state index in [9.17, 15) is 4.79 Å². The number of hydrogen-bond acceptors (Lipinski definition) is 4. The van der Waals surface area contributed by atoms with Crippen LogP contribution in [-0.2, 0) is 0 Å². The molecular formula is C11H11ClN4O2. The van der Waals surface area contributed by atoms with Crippen molar-refractivity contribution in [1.29, 1.82) is 0 Å². The fraction of sp³-hybridized carbons (Fsp3) is 0.0909. The Morgan fingerprint density at radius 1 is 1.56 bits per heavy atom. The van der Waals surface area contributed by atoms with Crippen molar-refractivity contribution in [3.63, 3.8) is 0 Å². The lowest BCUT2D eigenvalue weighted by Crippen LogP contribution is -2.12. The minimum Gasteiger partial charge on any atom is -0.495 e. The van der Waals surface area contributed by atoms with Gasteiger partial charge in [0, 0.05) is 11.8 Å². The quantitative estimate of drug-likeness (QED) is 0.791. The van der Waals surface area contributed by atoms with Crippen LogP contribution in [-0.4, -0.2) is 23.2 Å². The van der Waals surface area contributed by atoms with Gasteiger partial charge in [-0.25, -0.2) is 0 Å². The van der Waals surface area contributed by atoms with Crippen molar-refractivity contribution >= 4 is 29.0 Å². The number of H-pyrrole nitrogens is 1. The van der Waals surface area contributed by atoms with Crippen LogP contribution in [0.5, 0.6) is 5.75 Å². The van der Waals surface area contributed by atoms with Crippen LogP contribution in [0.3, 0.4) is 0 Å². The second-order valence-electron chi connectivity index (χ2n) is 3.50. The number of hydrogen-bond donors (Lipinski definition) is 3. The number of nitrogens with zero attached hydrogens (tertiary/aromatic N) is 1. The molecule has 0 saturated heterocycles. The SMILES string of the molecule is COc1cc(NC(=O)c2cn[nH]c2N)ccc1Cl. The Morgan fingerprint density at radius 2 is 2.33 bits per heavy atom. The van der Waals surface area contributed by atoms with Gasteiger partial charge in [-0.3, -0.25) is 9.89 Å². The van der Waals surface area contributed by atoms with Gasteiger partial charge >= 0.3 is 0 Å². The van der Waals surface area contributed by atoms with Crippen LogP contribution < -0.4 is 15.8 Å². The molecule has 1 aromatic carbocycles. The highest BCUT2D eigenvalue weighted by atomic mass is 35.5. The van der Waals surface area contributed by atoms with Gasteiger partial charge in [-0.1, -0.05) is 11.6 Å². The van der Waals surface area contributed by atoms with Crippen molar-refractivity contribution in [2.75, 3.05) is 18.2 Å². The number of ether oxygens (including phenoxy) is 1. The molecule has 0 spiro atoms. The second kappa shape index (κ2) is 4.97. The van der Waals surface area contributed by atoms with E-state index in [1.165, 1.54) is 13.3 Å². The number of nitrogens with two attached hydrogens (primary N) is 1. The Kier molecular flexibility index (Phi) is 3.38. The van der Waals surface area contributed by atoms with E-state index in [4.69, 9.17) is 22.1 Å². The third-order valence-electron chi connectivity index (χ3n) is 2.32. The zero-order chi connectivity index (χ0) is 13.1. The van der Waals surface area contributed by atoms with Crippen LogP contribution in [0.2, 0.25) is 5.02 Å².